The summed E-state index contributed by atoms with van der Waals surface area (Å²) in [5.74, 6) is -0.0204. The Morgan fingerprint density at radius 2 is 1.68 bits per heavy atom. The van der Waals surface area contributed by atoms with E-state index in [1.165, 1.54) is 10.8 Å². The topological polar surface area (TPSA) is 176 Å². The van der Waals surface area contributed by atoms with Crippen molar-refractivity contribution in [2.24, 2.45) is 7.05 Å². The van der Waals surface area contributed by atoms with Crippen molar-refractivity contribution >= 4 is 57.4 Å². The summed E-state index contributed by atoms with van der Waals surface area (Å²) >= 11 is 0. The van der Waals surface area contributed by atoms with Crippen molar-refractivity contribution in [2.75, 3.05) is 48.8 Å². The van der Waals surface area contributed by atoms with E-state index in [9.17, 15) is 23.6 Å². The highest BCUT2D eigenvalue weighted by atomic mass is 19.1. The predicted molar refractivity (Wildman–Crippen MR) is 238 cm³/mol. The highest BCUT2D eigenvalue weighted by molar-refractivity contribution is 6.01. The molecule has 6 heterocycles. The lowest BCUT2D eigenvalue weighted by atomic mass is 10.0. The van der Waals surface area contributed by atoms with Gasteiger partial charge in [-0.05, 0) is 65.6 Å². The first-order valence-corrected chi connectivity index (χ1v) is 21.1. The van der Waals surface area contributed by atoms with E-state index < -0.39 is 30.1 Å². The molecule has 2 aliphatic heterocycles. The minimum Gasteiger partial charge on any atom is -0.373 e. The van der Waals surface area contributed by atoms with Crippen LogP contribution in [-0.2, 0) is 23.2 Å². The minimum atomic E-state index is -1.01. The van der Waals surface area contributed by atoms with Crippen molar-refractivity contribution in [1.29, 1.82) is 0 Å². The van der Waals surface area contributed by atoms with Crippen LogP contribution in [0.4, 0.5) is 27.4 Å². The first-order chi connectivity index (χ1) is 30.6. The number of anilines is 4. The molecule has 10 rings (SSSR count). The number of carbonyl (C=O) groups is 3. The summed E-state index contributed by atoms with van der Waals surface area (Å²) in [7, 11) is 3.47. The zero-order valence-electron chi connectivity index (χ0n) is 34.7. The number of hydrogen-bond donors (Lipinski definition) is 4. The molecule has 7 aromatic rings. The van der Waals surface area contributed by atoms with Crippen LogP contribution in [0.2, 0.25) is 0 Å². The van der Waals surface area contributed by atoms with Crippen LogP contribution in [0.15, 0.2) is 102 Å². The summed E-state index contributed by atoms with van der Waals surface area (Å²) in [5.41, 5.74) is 8.58. The molecular formula is C46H45FN12O4. The molecule has 17 heteroatoms. The lowest BCUT2D eigenvalue weighted by Gasteiger charge is -2.36. The number of imide groups is 1. The fourth-order valence-electron chi connectivity index (χ4n) is 8.58. The van der Waals surface area contributed by atoms with Gasteiger partial charge in [-0.2, -0.15) is 9.61 Å². The average molecular weight is 849 g/mol. The molecule has 0 bridgehead atoms. The predicted octanol–water partition coefficient (Wildman–Crippen LogP) is 5.04. The molecule has 1 saturated carbocycles. The number of nitrogens with zero attached hydrogens (tertiary/aromatic N) is 8. The van der Waals surface area contributed by atoms with Crippen LogP contribution in [0.25, 0.3) is 39.1 Å². The Bertz CT molecular complexity index is 2970. The maximum Gasteiger partial charge on any atom is 0.329 e. The molecule has 320 valence electrons. The molecule has 3 fully saturated rings. The van der Waals surface area contributed by atoms with E-state index in [1.54, 1.807) is 29.2 Å². The molecule has 63 heavy (non-hydrogen) atoms. The van der Waals surface area contributed by atoms with Gasteiger partial charge in [0.15, 0.2) is 5.65 Å². The van der Waals surface area contributed by atoms with Crippen LogP contribution in [0.1, 0.15) is 41.2 Å². The smallest absolute Gasteiger partial charge is 0.329 e. The lowest BCUT2D eigenvalue weighted by molar-refractivity contribution is -0.135. The number of hydrogen-bond acceptors (Lipinski definition) is 11. The molecule has 3 aromatic carbocycles. The number of halogens is 1. The maximum absolute atomic E-state index is 13.5. The Morgan fingerprint density at radius 3 is 2.41 bits per heavy atom. The number of fused-ring (bicyclic) bond motifs is 2. The van der Waals surface area contributed by atoms with E-state index in [1.807, 2.05) is 54.7 Å². The molecule has 16 nitrogen and oxygen atoms in total. The van der Waals surface area contributed by atoms with Gasteiger partial charge in [-0.15, -0.1) is 0 Å². The third-order valence-corrected chi connectivity index (χ3v) is 12.2. The number of imidazole rings is 1. The van der Waals surface area contributed by atoms with E-state index in [2.05, 4.69) is 71.5 Å². The van der Waals surface area contributed by atoms with Gasteiger partial charge in [0, 0.05) is 88.9 Å². The van der Waals surface area contributed by atoms with Gasteiger partial charge >= 0.3 is 5.69 Å². The van der Waals surface area contributed by atoms with Crippen molar-refractivity contribution in [1.82, 2.24) is 44.2 Å². The van der Waals surface area contributed by atoms with Crippen molar-refractivity contribution < 1.29 is 18.8 Å². The first kappa shape index (κ1) is 39.7. The van der Waals surface area contributed by atoms with Gasteiger partial charge in [-0.25, -0.2) is 14.2 Å². The first-order valence-electron chi connectivity index (χ1n) is 21.1. The van der Waals surface area contributed by atoms with E-state index in [4.69, 9.17) is 4.98 Å². The Labute approximate surface area is 360 Å². The Hall–Kier alpha value is -7.40. The van der Waals surface area contributed by atoms with E-state index in [-0.39, 0.29) is 23.6 Å². The molecule has 1 aliphatic carbocycles. The fraction of sp³-hybridized carbons (Fsp3) is 0.283. The van der Waals surface area contributed by atoms with Gasteiger partial charge in [0.1, 0.15) is 29.4 Å². The third kappa shape index (κ3) is 7.75. The lowest BCUT2D eigenvalue weighted by Crippen LogP contribution is -2.45. The second-order valence-electron chi connectivity index (χ2n) is 16.4. The molecule has 0 radical (unpaired) electrons. The minimum absolute atomic E-state index is 0.200. The number of benzene rings is 3. The van der Waals surface area contributed by atoms with Crippen molar-refractivity contribution in [3.63, 3.8) is 0 Å². The van der Waals surface area contributed by atoms with E-state index in [0.29, 0.717) is 35.6 Å². The molecule has 0 spiro atoms. The molecule has 3 atom stereocenters. The molecule has 2 saturated heterocycles. The Morgan fingerprint density at radius 1 is 0.889 bits per heavy atom. The van der Waals surface area contributed by atoms with Crippen LogP contribution >= 0.6 is 0 Å². The molecule has 4 N–H and O–H groups in total. The number of pyridine rings is 1. The number of piperazine rings is 1. The standard InChI is InChI=1S/C46H45FN12O4/c1-48-41-23-40(53-43-33(25-50-59(41)43)44(61)52-36-22-34(36)47)51-31-5-3-4-30(20-31)35-12-6-27(24-49-35)26-56-16-18-57(19-17-56)32-10-7-28(8-11-32)29-9-13-37-39(21-29)55(2)46(63)58(37)38-14-15-42(60)54-45(38)62/h3-13,20-21,23-25,34,36,38,48H,14-19,22,26H2,1-2H3,(H,51,53)(H,52,61)(H,54,60,62)/t34-,36+,38?/m0/s1. The number of aryl methyl sites for hydroxylation is 1. The Balaban J connectivity index is 0.754. The van der Waals surface area contributed by atoms with E-state index in [0.717, 1.165) is 77.6 Å². The number of aromatic nitrogens is 6. The van der Waals surface area contributed by atoms with Gasteiger partial charge in [-0.3, -0.25) is 38.7 Å². The summed E-state index contributed by atoms with van der Waals surface area (Å²) in [6.07, 6.45) is 3.19. The van der Waals surface area contributed by atoms with Gasteiger partial charge in [0.2, 0.25) is 11.8 Å². The van der Waals surface area contributed by atoms with Crippen LogP contribution in [0, 0.1) is 0 Å². The number of alkyl halides is 1. The molecule has 3 amide bonds. The number of rotatable bonds is 11. The molecular weight excluding hydrogens is 804 g/mol. The number of carbonyl (C=O) groups excluding carboxylic acids is 3. The van der Waals surface area contributed by atoms with Gasteiger partial charge in [0.05, 0.1) is 29.0 Å². The normalized spacial score (nSPS) is 19.0. The molecule has 4 aromatic heterocycles. The van der Waals surface area contributed by atoms with Crippen LogP contribution < -0.4 is 31.9 Å². The van der Waals surface area contributed by atoms with Crippen LogP contribution in [0.5, 0.6) is 0 Å². The highest BCUT2D eigenvalue weighted by Crippen LogP contribution is 2.31. The SMILES string of the molecule is CNc1cc(Nc2cccc(-c3ccc(CN4CCN(c5ccc(-c6ccc7c(c6)n(C)c(=O)n7C6CCC(=O)NC6=O)cc5)CC4)cn3)c2)nc2c(C(=O)N[C@@H]3C[C@@H]3F)cnn12. The number of nitrogens with one attached hydrogen (secondary N) is 4. The zero-order chi connectivity index (χ0) is 43.4. The summed E-state index contributed by atoms with van der Waals surface area (Å²) in [6.45, 7) is 4.39. The Kier molecular flexibility index (Phi) is 10.2. The summed E-state index contributed by atoms with van der Waals surface area (Å²) < 4.78 is 18.1. The van der Waals surface area contributed by atoms with Gasteiger partial charge in [-0.1, -0.05) is 36.4 Å². The van der Waals surface area contributed by atoms with Crippen LogP contribution in [0.3, 0.4) is 0 Å². The second kappa shape index (κ2) is 16.1. The van der Waals surface area contributed by atoms with E-state index >= 15 is 0 Å². The van der Waals surface area contributed by atoms with Crippen LogP contribution in [-0.4, -0.2) is 96.8 Å². The highest BCUT2D eigenvalue weighted by Gasteiger charge is 2.39. The van der Waals surface area contributed by atoms with Crippen molar-refractivity contribution in [3.8, 4) is 22.4 Å². The fourth-order valence-corrected chi connectivity index (χ4v) is 8.58. The zero-order valence-corrected chi connectivity index (χ0v) is 34.7. The molecule has 1 unspecified atom stereocenters. The molecule has 3 aliphatic rings. The second-order valence-corrected chi connectivity index (χ2v) is 16.4. The average Bonchev–Trinajstić information content (AvgIpc) is 3.71. The number of amides is 3. The summed E-state index contributed by atoms with van der Waals surface area (Å²) in [4.78, 5) is 64.8. The van der Waals surface area contributed by atoms with Crippen molar-refractivity contribution in [2.45, 2.75) is 44.1 Å². The number of piperidine rings is 1. The summed E-state index contributed by atoms with van der Waals surface area (Å²) in [6, 6.07) is 27.0. The monoisotopic (exact) mass is 848 g/mol. The van der Waals surface area contributed by atoms with Crippen molar-refractivity contribution in [3.05, 3.63) is 119 Å². The quantitative estimate of drug-likeness (QED) is 0.129. The van der Waals surface area contributed by atoms with Gasteiger partial charge < -0.3 is 20.9 Å². The maximum atomic E-state index is 13.5. The van der Waals surface area contributed by atoms with Gasteiger partial charge in [0.25, 0.3) is 5.91 Å². The summed E-state index contributed by atoms with van der Waals surface area (Å²) in [5, 5.41) is 15.9. The largest absolute Gasteiger partial charge is 0.373 e. The third-order valence-electron chi connectivity index (χ3n) is 12.2.